The molecule has 1 atom stereocenters. The Hall–Kier alpha value is 0.440. The van der Waals surface area contributed by atoms with Crippen molar-refractivity contribution in [3.05, 3.63) is 0 Å². The van der Waals surface area contributed by atoms with Crippen LogP contribution in [0.3, 0.4) is 0 Å². The van der Waals surface area contributed by atoms with Crippen molar-refractivity contribution in [3.63, 3.8) is 0 Å². The smallest absolute Gasteiger partial charge is 0.309 e. The summed E-state index contributed by atoms with van der Waals surface area (Å²) in [7, 11) is 1.35. The minimum absolute atomic E-state index is 0.644. The van der Waals surface area contributed by atoms with E-state index in [1.807, 2.05) is 13.8 Å². The molecule has 0 bridgehead atoms. The van der Waals surface area contributed by atoms with E-state index in [4.69, 9.17) is 11.2 Å². The van der Waals surface area contributed by atoms with Gasteiger partial charge in [-0.15, -0.1) is 0 Å². The van der Waals surface area contributed by atoms with Crippen LogP contribution in [0.25, 0.3) is 0 Å². The predicted octanol–water partition coefficient (Wildman–Crippen LogP) is 2.32. The molecule has 0 spiro atoms. The summed E-state index contributed by atoms with van der Waals surface area (Å²) < 4.78 is 17.4. The number of hydrogen-bond acceptors (Lipinski definition) is 2. The van der Waals surface area contributed by atoms with E-state index in [1.165, 1.54) is 7.11 Å². The molecule has 10 heavy (non-hydrogen) atoms. The standard InChI is InChI=1S/C5H13ClNO2P/c1-4-7(5-2)10(6,8)9-3/h4-5H2,1-3H3. The second-order valence-electron chi connectivity index (χ2n) is 1.77. The fourth-order valence-electron chi connectivity index (χ4n) is 0.677. The largest absolute Gasteiger partial charge is 0.362 e. The van der Waals surface area contributed by atoms with Crippen molar-refractivity contribution >= 4 is 18.1 Å². The minimum Gasteiger partial charge on any atom is -0.309 e. The minimum atomic E-state index is -2.98. The molecule has 1 unspecified atom stereocenters. The van der Waals surface area contributed by atoms with Gasteiger partial charge in [0.2, 0.25) is 0 Å². The molecule has 3 nitrogen and oxygen atoms in total. The van der Waals surface area contributed by atoms with Crippen molar-refractivity contribution in [3.8, 4) is 0 Å². The SMILES string of the molecule is CCN(CC)P(=O)(Cl)OC. The highest BCUT2D eigenvalue weighted by Crippen LogP contribution is 2.54. The maximum atomic E-state index is 11.2. The quantitative estimate of drug-likeness (QED) is 0.630. The summed E-state index contributed by atoms with van der Waals surface area (Å²) in [4.78, 5) is 0. The molecule has 0 rings (SSSR count). The summed E-state index contributed by atoms with van der Waals surface area (Å²) in [5.41, 5.74) is 0. The Kier molecular flexibility index (Phi) is 4.54. The Morgan fingerprint density at radius 3 is 2.00 bits per heavy atom. The Morgan fingerprint density at radius 1 is 1.50 bits per heavy atom. The number of rotatable bonds is 4. The third-order valence-corrected chi connectivity index (χ3v) is 4.04. The van der Waals surface area contributed by atoms with Crippen LogP contribution < -0.4 is 0 Å². The second-order valence-corrected chi connectivity index (χ2v) is 4.89. The van der Waals surface area contributed by atoms with Gasteiger partial charge in [-0.2, -0.15) is 0 Å². The molecular formula is C5H13ClNO2P. The van der Waals surface area contributed by atoms with Gasteiger partial charge in [-0.05, 0) is 11.2 Å². The lowest BCUT2D eigenvalue weighted by atomic mass is 10.7. The third-order valence-electron chi connectivity index (χ3n) is 1.29. The fraction of sp³-hybridized carbons (Fsp3) is 1.00. The van der Waals surface area contributed by atoms with Crippen molar-refractivity contribution in [1.29, 1.82) is 0 Å². The van der Waals surface area contributed by atoms with Crippen molar-refractivity contribution in [2.24, 2.45) is 0 Å². The van der Waals surface area contributed by atoms with Crippen molar-refractivity contribution in [2.45, 2.75) is 13.8 Å². The monoisotopic (exact) mass is 185 g/mol. The number of hydrogen-bond donors (Lipinski definition) is 0. The van der Waals surface area contributed by atoms with Gasteiger partial charge in [0.1, 0.15) is 0 Å². The van der Waals surface area contributed by atoms with Gasteiger partial charge in [0, 0.05) is 20.2 Å². The Morgan fingerprint density at radius 2 is 1.90 bits per heavy atom. The lowest BCUT2D eigenvalue weighted by molar-refractivity contribution is 0.333. The average molecular weight is 186 g/mol. The highest BCUT2D eigenvalue weighted by molar-refractivity contribution is 7.83. The summed E-state index contributed by atoms with van der Waals surface area (Å²) in [6, 6.07) is 0. The van der Waals surface area contributed by atoms with Crippen LogP contribution >= 0.6 is 18.1 Å². The third kappa shape index (κ3) is 2.59. The molecule has 0 aliphatic heterocycles. The topological polar surface area (TPSA) is 29.5 Å². The zero-order valence-corrected chi connectivity index (χ0v) is 8.15. The average Bonchev–Trinajstić information content (AvgIpc) is 1.90. The molecule has 0 aliphatic rings. The molecular weight excluding hydrogens is 172 g/mol. The van der Waals surface area contributed by atoms with Gasteiger partial charge >= 0.3 is 6.87 Å². The summed E-state index contributed by atoms with van der Waals surface area (Å²) >= 11 is 5.55. The first-order chi connectivity index (χ1) is 4.58. The van der Waals surface area contributed by atoms with E-state index in [-0.39, 0.29) is 0 Å². The Balaban J connectivity index is 4.12. The number of halogens is 1. The van der Waals surface area contributed by atoms with Crippen LogP contribution in [0.15, 0.2) is 0 Å². The Bertz CT molecular complexity index is 138. The zero-order chi connectivity index (χ0) is 8.20. The molecule has 0 amide bonds. The molecule has 0 aromatic heterocycles. The molecule has 62 valence electrons. The normalized spacial score (nSPS) is 17.3. The van der Waals surface area contributed by atoms with E-state index >= 15 is 0 Å². The van der Waals surface area contributed by atoms with E-state index in [1.54, 1.807) is 4.67 Å². The van der Waals surface area contributed by atoms with Crippen LogP contribution in [0.4, 0.5) is 0 Å². The number of nitrogens with zero attached hydrogens (tertiary/aromatic N) is 1. The molecule has 0 fully saturated rings. The first-order valence-corrected chi connectivity index (χ1v) is 5.67. The molecule has 0 saturated carbocycles. The van der Waals surface area contributed by atoms with Crippen LogP contribution in [-0.4, -0.2) is 24.9 Å². The van der Waals surface area contributed by atoms with Crippen molar-refractivity contribution < 1.29 is 9.09 Å². The lowest BCUT2D eigenvalue weighted by Gasteiger charge is -2.21. The Labute approximate surface area is 66.6 Å². The van der Waals surface area contributed by atoms with E-state index in [0.29, 0.717) is 13.1 Å². The first kappa shape index (κ1) is 10.4. The molecule has 0 aromatic carbocycles. The fourth-order valence-corrected chi connectivity index (χ4v) is 2.22. The van der Waals surface area contributed by atoms with Gasteiger partial charge in [0.05, 0.1) is 0 Å². The van der Waals surface area contributed by atoms with Gasteiger partial charge in [0.25, 0.3) is 0 Å². The van der Waals surface area contributed by atoms with Crippen LogP contribution in [0.5, 0.6) is 0 Å². The van der Waals surface area contributed by atoms with Crippen molar-refractivity contribution in [2.75, 3.05) is 20.2 Å². The van der Waals surface area contributed by atoms with Gasteiger partial charge in [-0.3, -0.25) is 4.57 Å². The van der Waals surface area contributed by atoms with Gasteiger partial charge < -0.3 is 4.52 Å². The molecule has 0 radical (unpaired) electrons. The first-order valence-electron chi connectivity index (χ1n) is 3.19. The van der Waals surface area contributed by atoms with E-state index < -0.39 is 6.87 Å². The molecule has 0 N–H and O–H groups in total. The summed E-state index contributed by atoms with van der Waals surface area (Å²) in [5.74, 6) is 0. The van der Waals surface area contributed by atoms with E-state index in [9.17, 15) is 4.57 Å². The molecule has 0 saturated heterocycles. The second kappa shape index (κ2) is 4.35. The summed E-state index contributed by atoms with van der Waals surface area (Å²) in [5, 5.41) is 0. The maximum Gasteiger partial charge on any atom is 0.362 e. The highest BCUT2D eigenvalue weighted by Gasteiger charge is 2.24. The highest BCUT2D eigenvalue weighted by atomic mass is 35.7. The lowest BCUT2D eigenvalue weighted by Crippen LogP contribution is -2.17. The van der Waals surface area contributed by atoms with E-state index in [2.05, 4.69) is 4.52 Å². The molecule has 5 heteroatoms. The van der Waals surface area contributed by atoms with Gasteiger partial charge in [-0.1, -0.05) is 13.8 Å². The van der Waals surface area contributed by atoms with Crippen LogP contribution in [0.1, 0.15) is 13.8 Å². The van der Waals surface area contributed by atoms with E-state index in [0.717, 1.165) is 0 Å². The van der Waals surface area contributed by atoms with Crippen LogP contribution in [-0.2, 0) is 9.09 Å². The maximum absolute atomic E-state index is 11.2. The molecule has 0 aromatic rings. The van der Waals surface area contributed by atoms with Crippen LogP contribution in [0.2, 0.25) is 0 Å². The zero-order valence-electron chi connectivity index (χ0n) is 6.50. The summed E-state index contributed by atoms with van der Waals surface area (Å²) in [6.45, 7) is 2.08. The predicted molar refractivity (Wildman–Crippen MR) is 43.4 cm³/mol. The molecule has 0 heterocycles. The van der Waals surface area contributed by atoms with Gasteiger partial charge in [-0.25, -0.2) is 4.67 Å². The molecule has 0 aliphatic carbocycles. The van der Waals surface area contributed by atoms with Crippen LogP contribution in [0, 0.1) is 0 Å². The van der Waals surface area contributed by atoms with Gasteiger partial charge in [0.15, 0.2) is 0 Å². The summed E-state index contributed by atoms with van der Waals surface area (Å²) in [6.07, 6.45) is 0. The van der Waals surface area contributed by atoms with Crippen molar-refractivity contribution in [1.82, 2.24) is 4.67 Å².